The number of nitrogens with two attached hydrogens (primary N) is 1. The lowest BCUT2D eigenvalue weighted by molar-refractivity contribution is -0.107. The highest BCUT2D eigenvalue weighted by molar-refractivity contribution is 4.89. The van der Waals surface area contributed by atoms with E-state index in [4.69, 9.17) is 10.5 Å². The van der Waals surface area contributed by atoms with Gasteiger partial charge in [-0.25, -0.2) is 0 Å². The van der Waals surface area contributed by atoms with Gasteiger partial charge in [-0.1, -0.05) is 0 Å². The van der Waals surface area contributed by atoms with Crippen LogP contribution in [0.2, 0.25) is 0 Å². The summed E-state index contributed by atoms with van der Waals surface area (Å²) in [5.74, 6) is 0. The molecule has 1 heterocycles. The molecule has 3 nitrogen and oxygen atoms in total. The summed E-state index contributed by atoms with van der Waals surface area (Å²) in [6.45, 7) is 6.93. The summed E-state index contributed by atoms with van der Waals surface area (Å²) in [4.78, 5) is 2.30. The highest BCUT2D eigenvalue weighted by Crippen LogP contribution is 2.24. The van der Waals surface area contributed by atoms with E-state index in [2.05, 4.69) is 25.8 Å². The predicted molar refractivity (Wildman–Crippen MR) is 54.7 cm³/mol. The van der Waals surface area contributed by atoms with Gasteiger partial charge in [0.05, 0.1) is 11.7 Å². The smallest absolute Gasteiger partial charge is 0.0933 e. The number of nitrogens with zero attached hydrogens (tertiary/aromatic N) is 1. The molecule has 1 atom stereocenters. The van der Waals surface area contributed by atoms with Crippen LogP contribution in [0.4, 0.5) is 0 Å². The zero-order chi connectivity index (χ0) is 9.90. The third-order valence-electron chi connectivity index (χ3n) is 2.59. The van der Waals surface area contributed by atoms with Crippen molar-refractivity contribution in [1.82, 2.24) is 4.90 Å². The molecule has 0 aromatic carbocycles. The van der Waals surface area contributed by atoms with E-state index in [1.807, 2.05) is 0 Å². The fourth-order valence-electron chi connectivity index (χ4n) is 2.13. The third kappa shape index (κ3) is 2.93. The lowest BCUT2D eigenvalue weighted by Crippen LogP contribution is -2.54. The Morgan fingerprint density at radius 1 is 1.54 bits per heavy atom. The van der Waals surface area contributed by atoms with Crippen molar-refractivity contribution in [2.24, 2.45) is 5.73 Å². The van der Waals surface area contributed by atoms with Crippen LogP contribution in [0.15, 0.2) is 0 Å². The maximum atomic E-state index is 5.93. The van der Waals surface area contributed by atoms with Crippen LogP contribution in [0, 0.1) is 0 Å². The lowest BCUT2D eigenvalue weighted by Gasteiger charge is -2.41. The zero-order valence-electron chi connectivity index (χ0n) is 9.05. The molecule has 0 aromatic rings. The van der Waals surface area contributed by atoms with Crippen molar-refractivity contribution >= 4 is 0 Å². The normalized spacial score (nSPS) is 31.2. The number of piperidine rings is 1. The SMILES string of the molecule is CC(C)OC1(CN)CCCN(C)C1. The first kappa shape index (κ1) is 11.0. The molecule has 0 bridgehead atoms. The third-order valence-corrected chi connectivity index (χ3v) is 2.59. The minimum atomic E-state index is -0.0822. The Morgan fingerprint density at radius 3 is 2.69 bits per heavy atom. The summed E-state index contributed by atoms with van der Waals surface area (Å²) in [6, 6.07) is 0. The summed E-state index contributed by atoms with van der Waals surface area (Å²) in [5.41, 5.74) is 5.71. The molecule has 1 rings (SSSR count). The largest absolute Gasteiger partial charge is 0.370 e. The molecule has 0 spiro atoms. The van der Waals surface area contributed by atoms with Gasteiger partial charge in [-0.15, -0.1) is 0 Å². The highest BCUT2D eigenvalue weighted by Gasteiger charge is 2.34. The van der Waals surface area contributed by atoms with Crippen LogP contribution in [0.25, 0.3) is 0 Å². The second-order valence-corrected chi connectivity index (χ2v) is 4.40. The van der Waals surface area contributed by atoms with Gasteiger partial charge in [0.15, 0.2) is 0 Å². The van der Waals surface area contributed by atoms with Gasteiger partial charge in [-0.3, -0.25) is 0 Å². The van der Waals surface area contributed by atoms with E-state index in [0.717, 1.165) is 13.0 Å². The summed E-state index contributed by atoms with van der Waals surface area (Å²) in [7, 11) is 2.13. The quantitative estimate of drug-likeness (QED) is 0.709. The molecule has 0 amide bonds. The Morgan fingerprint density at radius 2 is 2.23 bits per heavy atom. The molecule has 2 N–H and O–H groups in total. The standard InChI is InChI=1S/C10H22N2O/c1-9(2)13-10(7-11)5-4-6-12(3)8-10/h9H,4-8,11H2,1-3H3. The molecule has 0 saturated carbocycles. The van der Waals surface area contributed by atoms with Gasteiger partial charge in [0.2, 0.25) is 0 Å². The van der Waals surface area contributed by atoms with Crippen molar-refractivity contribution in [3.8, 4) is 0 Å². The van der Waals surface area contributed by atoms with Gasteiger partial charge >= 0.3 is 0 Å². The van der Waals surface area contributed by atoms with Crippen LogP contribution < -0.4 is 5.73 Å². The molecular weight excluding hydrogens is 164 g/mol. The van der Waals surface area contributed by atoms with E-state index in [1.165, 1.54) is 13.0 Å². The first-order valence-corrected chi connectivity index (χ1v) is 5.14. The van der Waals surface area contributed by atoms with Gasteiger partial charge in [0.1, 0.15) is 0 Å². The summed E-state index contributed by atoms with van der Waals surface area (Å²) >= 11 is 0. The van der Waals surface area contributed by atoms with Crippen molar-refractivity contribution in [3.63, 3.8) is 0 Å². The van der Waals surface area contributed by atoms with E-state index >= 15 is 0 Å². The van der Waals surface area contributed by atoms with E-state index < -0.39 is 0 Å². The number of likely N-dealkylation sites (tertiary alicyclic amines) is 1. The maximum absolute atomic E-state index is 5.93. The van der Waals surface area contributed by atoms with Crippen molar-refractivity contribution < 1.29 is 4.74 Å². The van der Waals surface area contributed by atoms with Gasteiger partial charge in [0.25, 0.3) is 0 Å². The van der Waals surface area contributed by atoms with Crippen molar-refractivity contribution in [2.75, 3.05) is 26.7 Å². The second kappa shape index (κ2) is 4.40. The van der Waals surface area contributed by atoms with Crippen LogP contribution in [-0.4, -0.2) is 43.3 Å². The van der Waals surface area contributed by atoms with E-state index in [-0.39, 0.29) is 11.7 Å². The van der Waals surface area contributed by atoms with Crippen molar-refractivity contribution in [2.45, 2.75) is 38.4 Å². The van der Waals surface area contributed by atoms with Gasteiger partial charge < -0.3 is 15.4 Å². The molecule has 1 unspecified atom stereocenters. The Kier molecular flexibility index (Phi) is 3.71. The topological polar surface area (TPSA) is 38.5 Å². The summed E-state index contributed by atoms with van der Waals surface area (Å²) in [6.07, 6.45) is 2.57. The molecule has 0 aromatic heterocycles. The number of likely N-dealkylation sites (N-methyl/N-ethyl adjacent to an activating group) is 1. The number of hydrogen-bond acceptors (Lipinski definition) is 3. The zero-order valence-corrected chi connectivity index (χ0v) is 9.05. The van der Waals surface area contributed by atoms with E-state index in [9.17, 15) is 0 Å². The Balaban J connectivity index is 2.56. The summed E-state index contributed by atoms with van der Waals surface area (Å²) < 4.78 is 5.93. The number of ether oxygens (including phenoxy) is 1. The molecule has 78 valence electrons. The van der Waals surface area contributed by atoms with Crippen LogP contribution in [0.5, 0.6) is 0 Å². The number of hydrogen-bond donors (Lipinski definition) is 1. The van der Waals surface area contributed by atoms with Crippen LogP contribution in [0.3, 0.4) is 0 Å². The van der Waals surface area contributed by atoms with E-state index in [1.54, 1.807) is 0 Å². The minimum Gasteiger partial charge on any atom is -0.370 e. The minimum absolute atomic E-state index is 0.0822. The van der Waals surface area contributed by atoms with E-state index in [0.29, 0.717) is 6.54 Å². The van der Waals surface area contributed by atoms with Gasteiger partial charge in [-0.05, 0) is 40.3 Å². The maximum Gasteiger partial charge on any atom is 0.0933 e. The van der Waals surface area contributed by atoms with Crippen molar-refractivity contribution in [1.29, 1.82) is 0 Å². The second-order valence-electron chi connectivity index (χ2n) is 4.40. The molecule has 1 fully saturated rings. The van der Waals surface area contributed by atoms with Gasteiger partial charge in [-0.2, -0.15) is 0 Å². The Bertz CT molecular complexity index is 157. The highest BCUT2D eigenvalue weighted by atomic mass is 16.5. The average molecular weight is 186 g/mol. The monoisotopic (exact) mass is 186 g/mol. The molecule has 1 saturated heterocycles. The predicted octanol–water partition coefficient (Wildman–Crippen LogP) is 0.834. The molecule has 1 aliphatic rings. The molecule has 0 radical (unpaired) electrons. The van der Waals surface area contributed by atoms with Crippen molar-refractivity contribution in [3.05, 3.63) is 0 Å². The molecule has 13 heavy (non-hydrogen) atoms. The first-order chi connectivity index (χ1) is 6.08. The van der Waals surface area contributed by atoms with Crippen LogP contribution in [0.1, 0.15) is 26.7 Å². The van der Waals surface area contributed by atoms with Crippen LogP contribution in [-0.2, 0) is 4.74 Å². The fraction of sp³-hybridized carbons (Fsp3) is 1.00. The Labute approximate surface area is 81.2 Å². The summed E-state index contributed by atoms with van der Waals surface area (Å²) in [5, 5.41) is 0. The Hall–Kier alpha value is -0.120. The first-order valence-electron chi connectivity index (χ1n) is 5.14. The number of rotatable bonds is 3. The molecule has 1 aliphatic heterocycles. The molecule has 0 aliphatic carbocycles. The fourth-order valence-corrected chi connectivity index (χ4v) is 2.13. The van der Waals surface area contributed by atoms with Gasteiger partial charge in [0, 0.05) is 13.1 Å². The van der Waals surface area contributed by atoms with Crippen LogP contribution >= 0.6 is 0 Å². The average Bonchev–Trinajstić information content (AvgIpc) is 2.03. The molecular formula is C10H22N2O. The lowest BCUT2D eigenvalue weighted by atomic mass is 9.92. The molecule has 3 heteroatoms.